The number of nitrogens with zero attached hydrogens (tertiary/aromatic N) is 4. The number of benzene rings is 3. The summed E-state index contributed by atoms with van der Waals surface area (Å²) in [6, 6.07) is 22.3. The van der Waals surface area contributed by atoms with Crippen LogP contribution in [0.3, 0.4) is 0 Å². The summed E-state index contributed by atoms with van der Waals surface area (Å²) in [5.41, 5.74) is 7.33. The van der Waals surface area contributed by atoms with Gasteiger partial charge in [-0.15, -0.1) is 0 Å². The first-order valence-corrected chi connectivity index (χ1v) is 14.0. The van der Waals surface area contributed by atoms with Crippen molar-refractivity contribution in [3.05, 3.63) is 89.0 Å². The van der Waals surface area contributed by atoms with Gasteiger partial charge < -0.3 is 19.4 Å². The zero-order valence-corrected chi connectivity index (χ0v) is 23.7. The average molecular weight is 554 g/mol. The van der Waals surface area contributed by atoms with Crippen LogP contribution >= 0.6 is 11.6 Å². The Labute approximate surface area is 238 Å². The van der Waals surface area contributed by atoms with Crippen LogP contribution in [0.15, 0.2) is 77.9 Å². The molecule has 204 valence electrons. The van der Waals surface area contributed by atoms with E-state index in [1.807, 2.05) is 67.7 Å². The van der Waals surface area contributed by atoms with Crippen LogP contribution in [-0.2, 0) is 4.74 Å². The van der Waals surface area contributed by atoms with E-state index in [4.69, 9.17) is 31.1 Å². The van der Waals surface area contributed by atoms with E-state index in [-0.39, 0.29) is 6.04 Å². The Hall–Kier alpha value is -3.94. The van der Waals surface area contributed by atoms with Crippen LogP contribution in [-0.4, -0.2) is 40.9 Å². The Balaban J connectivity index is 1.59. The van der Waals surface area contributed by atoms with Crippen molar-refractivity contribution < 1.29 is 9.47 Å². The quantitative estimate of drug-likeness (QED) is 0.227. The van der Waals surface area contributed by atoms with Gasteiger partial charge in [-0.3, -0.25) is 9.98 Å². The van der Waals surface area contributed by atoms with Crippen LogP contribution < -0.4 is 15.4 Å². The number of rotatable bonds is 6. The van der Waals surface area contributed by atoms with Crippen molar-refractivity contribution in [3.63, 3.8) is 0 Å². The molecule has 2 aromatic carbocycles. The third-order valence-electron chi connectivity index (χ3n) is 7.57. The molecule has 1 saturated carbocycles. The molecule has 2 aliphatic carbocycles. The maximum absolute atomic E-state index is 6.27. The number of aryl methyl sites for hydroxylation is 1. The molecule has 1 fully saturated rings. The molecule has 0 radical (unpaired) electrons. The van der Waals surface area contributed by atoms with Crippen molar-refractivity contribution in [1.29, 1.82) is 0 Å². The second-order valence-electron chi connectivity index (χ2n) is 10.2. The van der Waals surface area contributed by atoms with Crippen molar-refractivity contribution >= 4 is 34.0 Å². The fourth-order valence-electron chi connectivity index (χ4n) is 5.38. The van der Waals surface area contributed by atoms with Crippen molar-refractivity contribution in [2.75, 3.05) is 19.5 Å². The van der Waals surface area contributed by atoms with Gasteiger partial charge in [0, 0.05) is 29.6 Å². The van der Waals surface area contributed by atoms with E-state index in [2.05, 4.69) is 27.0 Å². The highest BCUT2D eigenvalue weighted by Gasteiger charge is 2.22. The molecule has 3 aliphatic rings. The number of ether oxygens (including phenoxy) is 2. The normalized spacial score (nSPS) is 17.9. The molecule has 2 heterocycles. The second kappa shape index (κ2) is 11.3. The summed E-state index contributed by atoms with van der Waals surface area (Å²) in [5.74, 6) is 0.765. The zero-order valence-electron chi connectivity index (χ0n) is 22.9. The van der Waals surface area contributed by atoms with Gasteiger partial charge in [0.25, 0.3) is 0 Å². The molecule has 1 aliphatic heterocycles. The minimum atomic E-state index is 0.220. The van der Waals surface area contributed by atoms with Gasteiger partial charge in [0.15, 0.2) is 0 Å². The van der Waals surface area contributed by atoms with Gasteiger partial charge in [-0.2, -0.15) is 0 Å². The summed E-state index contributed by atoms with van der Waals surface area (Å²) in [7, 11) is 3.47. The predicted octanol–water partition coefficient (Wildman–Crippen LogP) is 7.10. The van der Waals surface area contributed by atoms with Crippen LogP contribution in [0, 0.1) is 6.92 Å². The minimum Gasteiger partial charge on any atom is -0.497 e. The monoisotopic (exact) mass is 553 g/mol. The van der Waals surface area contributed by atoms with E-state index in [1.165, 1.54) is 0 Å². The molecule has 3 aromatic rings. The highest BCUT2D eigenvalue weighted by molar-refractivity contribution is 6.30. The summed E-state index contributed by atoms with van der Waals surface area (Å²) < 4.78 is 13.4. The van der Waals surface area contributed by atoms with Gasteiger partial charge >= 0.3 is 0 Å². The first-order valence-electron chi connectivity index (χ1n) is 13.6. The highest BCUT2D eigenvalue weighted by atomic mass is 35.5. The van der Waals surface area contributed by atoms with Crippen LogP contribution in [0.5, 0.6) is 5.75 Å². The SMILES string of the molecule is COc1ccc2nc3cc(Nc4ccc(C)nc4)/c(=N/C4CCC(OC)CC4)cc-3n(-c3ccc(Cl)cc3)c2c1. The number of nitrogens with one attached hydrogen (secondary N) is 1. The van der Waals surface area contributed by atoms with Gasteiger partial charge in [0.2, 0.25) is 0 Å². The Morgan fingerprint density at radius 2 is 1.75 bits per heavy atom. The van der Waals surface area contributed by atoms with E-state index >= 15 is 0 Å². The number of methoxy groups -OCH3 is 2. The minimum absolute atomic E-state index is 0.220. The molecular formula is C32H32ClN5O2. The highest BCUT2D eigenvalue weighted by Crippen LogP contribution is 2.33. The fraction of sp³-hybridized carbons (Fsp3) is 0.281. The third kappa shape index (κ3) is 5.40. The molecule has 8 heteroatoms. The largest absolute Gasteiger partial charge is 0.497 e. The number of halogens is 1. The lowest BCUT2D eigenvalue weighted by atomic mass is 9.93. The van der Waals surface area contributed by atoms with Crippen LogP contribution in [0.25, 0.3) is 28.1 Å². The molecular weight excluding hydrogens is 522 g/mol. The molecule has 0 unspecified atom stereocenters. The number of hydrogen-bond acceptors (Lipinski definition) is 6. The zero-order chi connectivity index (χ0) is 27.6. The summed E-state index contributed by atoms with van der Waals surface area (Å²) in [6.45, 7) is 1.98. The lowest BCUT2D eigenvalue weighted by Crippen LogP contribution is -2.25. The fourth-order valence-corrected chi connectivity index (χ4v) is 5.50. The van der Waals surface area contributed by atoms with E-state index in [0.717, 1.165) is 82.0 Å². The van der Waals surface area contributed by atoms with Crippen molar-refractivity contribution in [3.8, 4) is 22.8 Å². The van der Waals surface area contributed by atoms with Gasteiger partial charge in [-0.25, -0.2) is 4.98 Å². The van der Waals surface area contributed by atoms with Crippen LogP contribution in [0.1, 0.15) is 31.4 Å². The van der Waals surface area contributed by atoms with Gasteiger partial charge in [-0.1, -0.05) is 11.6 Å². The van der Waals surface area contributed by atoms with Crippen LogP contribution in [0.4, 0.5) is 11.4 Å². The number of aromatic nitrogens is 3. The molecule has 6 rings (SSSR count). The number of hydrogen-bond donors (Lipinski definition) is 1. The lowest BCUT2D eigenvalue weighted by molar-refractivity contribution is 0.0663. The smallest absolute Gasteiger partial charge is 0.121 e. The standard InChI is InChI=1S/C32H32ClN5O2/c1-20-4-7-23(19-34-20)36-28-17-30-32(18-29(28)35-22-8-12-25(39-2)13-9-22)38(24-10-5-21(33)6-11-24)31-16-26(40-3)14-15-27(31)37-30/h4-7,10-11,14-19,22,25,36H,8-9,12-13H2,1-3H3/b35-29+. The molecule has 0 bridgehead atoms. The molecule has 0 atom stereocenters. The van der Waals surface area contributed by atoms with Gasteiger partial charge in [0.1, 0.15) is 5.75 Å². The maximum atomic E-state index is 6.27. The molecule has 1 N–H and O–H groups in total. The molecule has 40 heavy (non-hydrogen) atoms. The predicted molar refractivity (Wildman–Crippen MR) is 160 cm³/mol. The topological polar surface area (TPSA) is 73.6 Å². The molecule has 0 amide bonds. The molecule has 0 spiro atoms. The van der Waals surface area contributed by atoms with E-state index in [0.29, 0.717) is 11.1 Å². The Morgan fingerprint density at radius 1 is 0.950 bits per heavy atom. The third-order valence-corrected chi connectivity index (χ3v) is 7.82. The molecule has 1 aromatic heterocycles. The first-order chi connectivity index (χ1) is 19.5. The lowest BCUT2D eigenvalue weighted by Gasteiger charge is -2.25. The summed E-state index contributed by atoms with van der Waals surface area (Å²) >= 11 is 6.27. The van der Waals surface area contributed by atoms with Crippen molar-refractivity contribution in [2.45, 2.75) is 44.8 Å². The van der Waals surface area contributed by atoms with E-state index in [1.54, 1.807) is 14.2 Å². The van der Waals surface area contributed by atoms with Gasteiger partial charge in [-0.05, 0) is 93.3 Å². The second-order valence-corrected chi connectivity index (χ2v) is 10.7. The van der Waals surface area contributed by atoms with E-state index < -0.39 is 0 Å². The van der Waals surface area contributed by atoms with Crippen LogP contribution in [0.2, 0.25) is 5.02 Å². The average Bonchev–Trinajstić information content (AvgIpc) is 2.98. The number of anilines is 2. The summed E-state index contributed by atoms with van der Waals surface area (Å²) in [6.07, 6.45) is 6.18. The first kappa shape index (κ1) is 26.3. The maximum Gasteiger partial charge on any atom is 0.121 e. The Morgan fingerprint density at radius 3 is 2.45 bits per heavy atom. The van der Waals surface area contributed by atoms with E-state index in [9.17, 15) is 0 Å². The molecule has 0 saturated heterocycles. The van der Waals surface area contributed by atoms with Crippen molar-refractivity contribution in [1.82, 2.24) is 14.5 Å². The Bertz CT molecular complexity index is 1670. The van der Waals surface area contributed by atoms with Crippen molar-refractivity contribution in [2.24, 2.45) is 4.99 Å². The summed E-state index contributed by atoms with van der Waals surface area (Å²) in [5, 5.41) is 5.14. The Kier molecular flexibility index (Phi) is 7.41. The summed E-state index contributed by atoms with van der Waals surface area (Å²) in [4.78, 5) is 14.8. The van der Waals surface area contributed by atoms with Gasteiger partial charge in [0.05, 0.1) is 64.6 Å². The molecule has 7 nitrogen and oxygen atoms in total. The number of pyridine rings is 1. The number of fused-ring (bicyclic) bond motifs is 2.